The molecule has 0 aliphatic heterocycles. The summed E-state index contributed by atoms with van der Waals surface area (Å²) in [6.45, 7) is 2.52. The number of nitrogens with one attached hydrogen (secondary N) is 1. The van der Waals surface area contributed by atoms with Gasteiger partial charge in [-0.25, -0.2) is 4.99 Å². The predicted octanol–water partition coefficient (Wildman–Crippen LogP) is 6.64. The lowest BCUT2D eigenvalue weighted by Crippen LogP contribution is -2.11. The molecule has 0 aliphatic rings. The molecule has 0 heterocycles. The van der Waals surface area contributed by atoms with Gasteiger partial charge in [0, 0.05) is 16.8 Å². The van der Waals surface area contributed by atoms with Crippen LogP contribution in [-0.4, -0.2) is 18.4 Å². The topological polar surface area (TPSA) is 50.7 Å². The first-order valence-corrected chi connectivity index (χ1v) is 11.0. The Balaban J connectivity index is 1.40. The Labute approximate surface area is 194 Å². The molecule has 4 aromatic carbocycles. The first-order valence-electron chi connectivity index (χ1n) is 11.0. The summed E-state index contributed by atoms with van der Waals surface area (Å²) in [5, 5.41) is 2.93. The number of nitrogens with zero attached hydrogens (tertiary/aromatic N) is 1. The summed E-state index contributed by atoms with van der Waals surface area (Å²) in [4.78, 5) is 17.0. The molecule has 0 aliphatic carbocycles. The summed E-state index contributed by atoms with van der Waals surface area (Å²) in [7, 11) is 0. The van der Waals surface area contributed by atoms with Gasteiger partial charge in [0.05, 0.1) is 12.3 Å². The van der Waals surface area contributed by atoms with Crippen LogP contribution in [0.1, 0.15) is 34.0 Å². The Kier molecular flexibility index (Phi) is 7.29. The highest BCUT2D eigenvalue weighted by molar-refractivity contribution is 6.04. The minimum atomic E-state index is -0.110. The first-order chi connectivity index (χ1) is 16.2. The van der Waals surface area contributed by atoms with Crippen molar-refractivity contribution in [3.8, 4) is 0 Å². The third-order valence-electron chi connectivity index (χ3n) is 5.12. The van der Waals surface area contributed by atoms with Gasteiger partial charge in [0.1, 0.15) is 0 Å². The van der Waals surface area contributed by atoms with Gasteiger partial charge in [-0.1, -0.05) is 60.7 Å². The zero-order chi connectivity index (χ0) is 22.9. The van der Waals surface area contributed by atoms with E-state index < -0.39 is 0 Å². The molecule has 4 rings (SSSR count). The van der Waals surface area contributed by atoms with E-state index in [0.29, 0.717) is 18.1 Å². The standard InChI is InChI=1S/C29H26N2O2/c1-2-33-29(25-11-7-4-8-12-25)31-27-19-15-23(16-20-27)21-22-13-17-26(18-14-22)30-28(32)24-9-5-3-6-10-24/h3-20H,2,21H2,1H3,(H,30,32). The average molecular weight is 435 g/mol. The van der Waals surface area contributed by atoms with E-state index in [0.717, 1.165) is 23.4 Å². The zero-order valence-corrected chi connectivity index (χ0v) is 18.6. The van der Waals surface area contributed by atoms with Gasteiger partial charge in [-0.05, 0) is 73.0 Å². The van der Waals surface area contributed by atoms with E-state index in [4.69, 9.17) is 4.74 Å². The summed E-state index contributed by atoms with van der Waals surface area (Å²) in [6, 6.07) is 35.2. The Morgan fingerprint density at radius 2 is 1.27 bits per heavy atom. The highest BCUT2D eigenvalue weighted by atomic mass is 16.5. The fourth-order valence-corrected chi connectivity index (χ4v) is 3.44. The van der Waals surface area contributed by atoms with E-state index in [1.165, 1.54) is 11.1 Å². The monoisotopic (exact) mass is 434 g/mol. The number of carbonyl (C=O) groups is 1. The second kappa shape index (κ2) is 10.9. The molecule has 164 valence electrons. The number of hydrogen-bond acceptors (Lipinski definition) is 3. The number of hydrogen-bond donors (Lipinski definition) is 1. The second-order valence-electron chi connectivity index (χ2n) is 7.58. The van der Waals surface area contributed by atoms with E-state index in [-0.39, 0.29) is 5.91 Å². The van der Waals surface area contributed by atoms with Crippen molar-refractivity contribution in [2.75, 3.05) is 11.9 Å². The Morgan fingerprint density at radius 3 is 1.85 bits per heavy atom. The quantitative estimate of drug-likeness (QED) is 0.262. The average Bonchev–Trinajstić information content (AvgIpc) is 2.87. The van der Waals surface area contributed by atoms with E-state index in [1.807, 2.05) is 91.9 Å². The van der Waals surface area contributed by atoms with Gasteiger partial charge >= 0.3 is 0 Å². The van der Waals surface area contributed by atoms with Crippen molar-refractivity contribution in [2.24, 2.45) is 4.99 Å². The molecule has 33 heavy (non-hydrogen) atoms. The van der Waals surface area contributed by atoms with Gasteiger partial charge in [-0.2, -0.15) is 0 Å². The van der Waals surface area contributed by atoms with Crippen molar-refractivity contribution >= 4 is 23.2 Å². The van der Waals surface area contributed by atoms with Crippen LogP contribution in [0.2, 0.25) is 0 Å². The van der Waals surface area contributed by atoms with Crippen LogP contribution in [0.25, 0.3) is 0 Å². The van der Waals surface area contributed by atoms with Crippen LogP contribution in [0, 0.1) is 0 Å². The highest BCUT2D eigenvalue weighted by Gasteiger charge is 2.06. The third-order valence-corrected chi connectivity index (χ3v) is 5.12. The summed E-state index contributed by atoms with van der Waals surface area (Å²) in [5.74, 6) is 0.514. The maximum Gasteiger partial charge on any atom is 0.255 e. The molecule has 0 bridgehead atoms. The van der Waals surface area contributed by atoms with E-state index in [9.17, 15) is 4.79 Å². The third kappa shape index (κ3) is 6.17. The SMILES string of the molecule is CCOC(=Nc1ccc(Cc2ccc(NC(=O)c3ccccc3)cc2)cc1)c1ccccc1. The molecular formula is C29H26N2O2. The molecule has 4 heteroatoms. The molecule has 0 saturated heterocycles. The van der Waals surface area contributed by atoms with E-state index >= 15 is 0 Å². The first kappa shape index (κ1) is 22.0. The van der Waals surface area contributed by atoms with Gasteiger partial charge in [0.25, 0.3) is 5.91 Å². The number of anilines is 1. The number of ether oxygens (including phenoxy) is 1. The fraction of sp³-hybridized carbons (Fsp3) is 0.103. The van der Waals surface area contributed by atoms with Crippen LogP contribution < -0.4 is 5.32 Å². The summed E-state index contributed by atoms with van der Waals surface area (Å²) in [6.07, 6.45) is 0.800. The summed E-state index contributed by atoms with van der Waals surface area (Å²) >= 11 is 0. The van der Waals surface area contributed by atoms with Crippen molar-refractivity contribution in [3.05, 3.63) is 131 Å². The Hall–Kier alpha value is -4.18. The molecule has 0 unspecified atom stereocenters. The van der Waals surface area contributed by atoms with Gasteiger partial charge in [0.2, 0.25) is 5.90 Å². The lowest BCUT2D eigenvalue weighted by molar-refractivity contribution is 0.102. The molecule has 0 saturated carbocycles. The maximum absolute atomic E-state index is 12.3. The normalized spacial score (nSPS) is 11.1. The van der Waals surface area contributed by atoms with Gasteiger partial charge < -0.3 is 10.1 Å². The lowest BCUT2D eigenvalue weighted by Gasteiger charge is -2.09. The second-order valence-corrected chi connectivity index (χ2v) is 7.58. The molecule has 0 radical (unpaired) electrons. The molecular weight excluding hydrogens is 408 g/mol. The van der Waals surface area contributed by atoms with Crippen LogP contribution in [0.3, 0.4) is 0 Å². The highest BCUT2D eigenvalue weighted by Crippen LogP contribution is 2.19. The lowest BCUT2D eigenvalue weighted by atomic mass is 10.0. The van der Waals surface area contributed by atoms with Crippen molar-refractivity contribution in [1.29, 1.82) is 0 Å². The van der Waals surface area contributed by atoms with Crippen LogP contribution in [0.15, 0.2) is 114 Å². The number of amides is 1. The van der Waals surface area contributed by atoms with Gasteiger partial charge in [-0.3, -0.25) is 4.79 Å². The van der Waals surface area contributed by atoms with Gasteiger partial charge in [0.15, 0.2) is 0 Å². The largest absolute Gasteiger partial charge is 0.478 e. The summed E-state index contributed by atoms with van der Waals surface area (Å²) in [5.41, 5.74) is 5.59. The number of carbonyl (C=O) groups excluding carboxylic acids is 1. The number of aliphatic imine (C=N–C) groups is 1. The van der Waals surface area contributed by atoms with Crippen molar-refractivity contribution in [1.82, 2.24) is 0 Å². The van der Waals surface area contributed by atoms with Gasteiger partial charge in [-0.15, -0.1) is 0 Å². The molecule has 0 atom stereocenters. The van der Waals surface area contributed by atoms with Crippen molar-refractivity contribution in [2.45, 2.75) is 13.3 Å². The van der Waals surface area contributed by atoms with Crippen molar-refractivity contribution in [3.63, 3.8) is 0 Å². The molecule has 4 aromatic rings. The maximum atomic E-state index is 12.3. The van der Waals surface area contributed by atoms with E-state index in [2.05, 4.69) is 22.4 Å². The molecule has 0 spiro atoms. The fourth-order valence-electron chi connectivity index (χ4n) is 3.44. The van der Waals surface area contributed by atoms with Crippen LogP contribution in [0.5, 0.6) is 0 Å². The Bertz CT molecular complexity index is 1200. The molecule has 0 aromatic heterocycles. The molecule has 4 nitrogen and oxygen atoms in total. The molecule has 1 amide bonds. The van der Waals surface area contributed by atoms with Crippen LogP contribution in [-0.2, 0) is 11.2 Å². The van der Waals surface area contributed by atoms with Crippen LogP contribution >= 0.6 is 0 Å². The molecule has 0 fully saturated rings. The number of benzene rings is 4. The van der Waals surface area contributed by atoms with E-state index in [1.54, 1.807) is 12.1 Å². The predicted molar refractivity (Wildman–Crippen MR) is 134 cm³/mol. The summed E-state index contributed by atoms with van der Waals surface area (Å²) < 4.78 is 5.74. The smallest absolute Gasteiger partial charge is 0.255 e. The molecule has 1 N–H and O–H groups in total. The van der Waals surface area contributed by atoms with Crippen molar-refractivity contribution < 1.29 is 9.53 Å². The minimum Gasteiger partial charge on any atom is -0.478 e. The Morgan fingerprint density at radius 1 is 0.727 bits per heavy atom. The van der Waals surface area contributed by atoms with Crippen LogP contribution in [0.4, 0.5) is 11.4 Å². The minimum absolute atomic E-state index is 0.110. The zero-order valence-electron chi connectivity index (χ0n) is 18.6. The number of rotatable bonds is 7.